The average Bonchev–Trinajstić information content (AvgIpc) is 3.33. The largest absolute Gasteiger partial charge is 0.444 e. The molecule has 0 aliphatic carbocycles. The van der Waals surface area contributed by atoms with Crippen LogP contribution >= 0.6 is 0 Å². The minimum absolute atomic E-state index is 0.0743. The molecule has 0 saturated carbocycles. The summed E-state index contributed by atoms with van der Waals surface area (Å²) in [6.45, 7) is 8.10. The van der Waals surface area contributed by atoms with E-state index >= 15 is 0 Å². The predicted octanol–water partition coefficient (Wildman–Crippen LogP) is 2.77. The van der Waals surface area contributed by atoms with Crippen LogP contribution in [0.3, 0.4) is 0 Å². The van der Waals surface area contributed by atoms with E-state index in [-0.39, 0.29) is 23.5 Å². The molecular formula is C25H35N3O4. The van der Waals surface area contributed by atoms with Gasteiger partial charge in [-0.3, -0.25) is 4.79 Å². The zero-order valence-corrected chi connectivity index (χ0v) is 19.1. The quantitative estimate of drug-likeness (QED) is 0.706. The number of carbonyl (C=O) groups is 2. The SMILES string of the molecule is CC(=O)N1Cc2ccccc2C2(CCN(C3CCN(C(=O)OC4CCOC4)CC3)CC2)C1. The second-order valence-corrected chi connectivity index (χ2v) is 9.94. The van der Waals surface area contributed by atoms with Crippen molar-refractivity contribution in [2.24, 2.45) is 0 Å². The lowest BCUT2D eigenvalue weighted by Crippen LogP contribution is -2.56. The van der Waals surface area contributed by atoms with Crippen LogP contribution in [0.1, 0.15) is 50.2 Å². The van der Waals surface area contributed by atoms with E-state index in [0.717, 1.165) is 71.4 Å². The van der Waals surface area contributed by atoms with Crippen LogP contribution in [0.25, 0.3) is 0 Å². The molecule has 1 spiro atoms. The normalized spacial score (nSPS) is 26.2. The van der Waals surface area contributed by atoms with Gasteiger partial charge in [0.25, 0.3) is 0 Å². The lowest BCUT2D eigenvalue weighted by atomic mass is 9.68. The van der Waals surface area contributed by atoms with E-state index in [1.54, 1.807) is 6.92 Å². The molecule has 0 N–H and O–H groups in total. The van der Waals surface area contributed by atoms with E-state index in [1.165, 1.54) is 11.1 Å². The Morgan fingerprint density at radius 3 is 2.47 bits per heavy atom. The summed E-state index contributed by atoms with van der Waals surface area (Å²) in [5, 5.41) is 0. The Balaban J connectivity index is 1.17. The van der Waals surface area contributed by atoms with Crippen molar-refractivity contribution in [1.29, 1.82) is 0 Å². The Hall–Kier alpha value is -2.12. The number of nitrogens with zero attached hydrogens (tertiary/aromatic N) is 3. The first-order valence-corrected chi connectivity index (χ1v) is 12.2. The molecule has 0 radical (unpaired) electrons. The number of benzene rings is 1. The number of ether oxygens (including phenoxy) is 2. The van der Waals surface area contributed by atoms with Crippen LogP contribution < -0.4 is 0 Å². The summed E-state index contributed by atoms with van der Waals surface area (Å²) in [6.07, 6.45) is 4.71. The number of carbonyl (C=O) groups excluding carboxylic acids is 2. The highest BCUT2D eigenvalue weighted by Gasteiger charge is 2.43. The Kier molecular flexibility index (Phi) is 6.12. The molecule has 1 unspecified atom stereocenters. The number of rotatable bonds is 2. The lowest BCUT2D eigenvalue weighted by Gasteiger charge is -2.50. The molecule has 0 bridgehead atoms. The van der Waals surface area contributed by atoms with Gasteiger partial charge in [0.1, 0.15) is 6.10 Å². The first kappa shape index (κ1) is 21.7. The molecule has 7 nitrogen and oxygen atoms in total. The second-order valence-electron chi connectivity index (χ2n) is 9.94. The first-order chi connectivity index (χ1) is 15.5. The van der Waals surface area contributed by atoms with Crippen LogP contribution in [0.15, 0.2) is 24.3 Å². The summed E-state index contributed by atoms with van der Waals surface area (Å²) in [6, 6.07) is 9.22. The van der Waals surface area contributed by atoms with Gasteiger partial charge in [-0.1, -0.05) is 24.3 Å². The molecule has 5 rings (SSSR count). The van der Waals surface area contributed by atoms with Gasteiger partial charge in [-0.05, 0) is 49.9 Å². The maximum atomic E-state index is 12.4. The number of hydrogen-bond acceptors (Lipinski definition) is 5. The smallest absolute Gasteiger partial charge is 0.410 e. The molecule has 1 aromatic carbocycles. The van der Waals surface area contributed by atoms with Crippen molar-refractivity contribution in [1.82, 2.24) is 14.7 Å². The van der Waals surface area contributed by atoms with Crippen LogP contribution in [0.4, 0.5) is 4.79 Å². The number of amides is 2. The molecular weight excluding hydrogens is 406 g/mol. The van der Waals surface area contributed by atoms with Crippen LogP contribution in [-0.4, -0.2) is 84.8 Å². The monoisotopic (exact) mass is 441 g/mol. The van der Waals surface area contributed by atoms with Gasteiger partial charge in [0.05, 0.1) is 13.2 Å². The van der Waals surface area contributed by atoms with Crippen molar-refractivity contribution in [3.05, 3.63) is 35.4 Å². The molecule has 3 saturated heterocycles. The predicted molar refractivity (Wildman–Crippen MR) is 120 cm³/mol. The topological polar surface area (TPSA) is 62.3 Å². The van der Waals surface area contributed by atoms with E-state index in [0.29, 0.717) is 19.3 Å². The Morgan fingerprint density at radius 2 is 1.78 bits per heavy atom. The Morgan fingerprint density at radius 1 is 1.03 bits per heavy atom. The third-order valence-electron chi connectivity index (χ3n) is 8.04. The van der Waals surface area contributed by atoms with E-state index in [1.807, 2.05) is 9.80 Å². The van der Waals surface area contributed by atoms with Crippen LogP contribution in [0.2, 0.25) is 0 Å². The van der Waals surface area contributed by atoms with Crippen LogP contribution in [0.5, 0.6) is 0 Å². The van der Waals surface area contributed by atoms with Gasteiger partial charge in [0.2, 0.25) is 5.91 Å². The fourth-order valence-corrected chi connectivity index (χ4v) is 6.09. The van der Waals surface area contributed by atoms with Crippen LogP contribution in [-0.2, 0) is 26.2 Å². The number of hydrogen-bond donors (Lipinski definition) is 0. The second kappa shape index (κ2) is 9.02. The molecule has 3 fully saturated rings. The summed E-state index contributed by atoms with van der Waals surface area (Å²) in [5.41, 5.74) is 2.83. The molecule has 4 aliphatic rings. The molecule has 0 aromatic heterocycles. The molecule has 4 heterocycles. The van der Waals surface area contributed by atoms with E-state index in [4.69, 9.17) is 9.47 Å². The summed E-state index contributed by atoms with van der Waals surface area (Å²) in [7, 11) is 0. The number of likely N-dealkylation sites (tertiary alicyclic amines) is 2. The molecule has 174 valence electrons. The van der Waals surface area contributed by atoms with E-state index in [2.05, 4.69) is 29.2 Å². The third kappa shape index (κ3) is 4.25. The van der Waals surface area contributed by atoms with Gasteiger partial charge in [0.15, 0.2) is 0 Å². The summed E-state index contributed by atoms with van der Waals surface area (Å²) < 4.78 is 10.9. The Labute approximate surface area is 190 Å². The van der Waals surface area contributed by atoms with Gasteiger partial charge in [-0.25, -0.2) is 4.79 Å². The van der Waals surface area contributed by atoms with E-state index in [9.17, 15) is 9.59 Å². The van der Waals surface area contributed by atoms with Gasteiger partial charge in [-0.15, -0.1) is 0 Å². The van der Waals surface area contributed by atoms with Crippen molar-refractivity contribution in [2.45, 2.75) is 63.1 Å². The average molecular weight is 442 g/mol. The number of piperidine rings is 2. The van der Waals surface area contributed by atoms with E-state index < -0.39 is 0 Å². The molecule has 2 amide bonds. The minimum Gasteiger partial charge on any atom is -0.444 e. The fraction of sp³-hybridized carbons (Fsp3) is 0.680. The highest BCUT2D eigenvalue weighted by molar-refractivity contribution is 5.74. The summed E-state index contributed by atoms with van der Waals surface area (Å²) >= 11 is 0. The summed E-state index contributed by atoms with van der Waals surface area (Å²) in [4.78, 5) is 31.2. The highest BCUT2D eigenvalue weighted by Crippen LogP contribution is 2.42. The fourth-order valence-electron chi connectivity index (χ4n) is 6.09. The zero-order valence-electron chi connectivity index (χ0n) is 19.1. The van der Waals surface area contributed by atoms with Crippen LogP contribution in [0, 0.1) is 0 Å². The molecule has 1 aromatic rings. The van der Waals surface area contributed by atoms with Gasteiger partial charge < -0.3 is 24.2 Å². The molecule has 4 aliphatic heterocycles. The lowest BCUT2D eigenvalue weighted by molar-refractivity contribution is -0.131. The standard InChI is InChI=1S/C25H35N3O4/c1-19(29)28-16-20-4-2-3-5-23(20)25(18-28)9-13-26(14-10-25)21-6-11-27(12-7-21)24(30)32-22-8-15-31-17-22/h2-5,21-22H,6-18H2,1H3. The van der Waals surface area contributed by atoms with Crippen molar-refractivity contribution < 1.29 is 19.1 Å². The number of fused-ring (bicyclic) bond motifs is 2. The van der Waals surface area contributed by atoms with Crippen molar-refractivity contribution >= 4 is 12.0 Å². The zero-order chi connectivity index (χ0) is 22.1. The molecule has 7 heteroatoms. The van der Waals surface area contributed by atoms with Gasteiger partial charge in [0, 0.05) is 51.0 Å². The maximum Gasteiger partial charge on any atom is 0.410 e. The van der Waals surface area contributed by atoms with Gasteiger partial charge >= 0.3 is 6.09 Å². The van der Waals surface area contributed by atoms with Crippen molar-refractivity contribution in [3.63, 3.8) is 0 Å². The van der Waals surface area contributed by atoms with Crippen molar-refractivity contribution in [2.75, 3.05) is 45.9 Å². The summed E-state index contributed by atoms with van der Waals surface area (Å²) in [5.74, 6) is 0.171. The highest BCUT2D eigenvalue weighted by atomic mass is 16.6. The molecule has 32 heavy (non-hydrogen) atoms. The third-order valence-corrected chi connectivity index (χ3v) is 8.04. The maximum absolute atomic E-state index is 12.4. The first-order valence-electron chi connectivity index (χ1n) is 12.2. The minimum atomic E-state index is -0.181. The molecule has 1 atom stereocenters. The van der Waals surface area contributed by atoms with Gasteiger partial charge in [-0.2, -0.15) is 0 Å². The van der Waals surface area contributed by atoms with Crippen molar-refractivity contribution in [3.8, 4) is 0 Å². The Bertz CT molecular complexity index is 837.